The second-order valence-corrected chi connectivity index (χ2v) is 6.56. The zero-order valence-corrected chi connectivity index (χ0v) is 14.3. The molecule has 2 rings (SSSR count). The normalized spacial score (nSPS) is 16.0. The molecule has 0 aromatic carbocycles. The fraction of sp³-hybridized carbons (Fsp3) is 0.733. The summed E-state index contributed by atoms with van der Waals surface area (Å²) in [5.74, 6) is 0. The Bertz CT molecular complexity index is 484. The van der Waals surface area contributed by atoms with Crippen molar-refractivity contribution in [2.24, 2.45) is 0 Å². The third-order valence-corrected chi connectivity index (χ3v) is 5.03. The summed E-state index contributed by atoms with van der Waals surface area (Å²) in [6, 6.07) is -0.0666. The lowest BCUT2D eigenvalue weighted by Crippen LogP contribution is -2.50. The summed E-state index contributed by atoms with van der Waals surface area (Å²) in [5.41, 5.74) is 1.12. The van der Waals surface area contributed by atoms with Gasteiger partial charge >= 0.3 is 6.03 Å². The minimum absolute atomic E-state index is 0.0666. The summed E-state index contributed by atoms with van der Waals surface area (Å²) >= 11 is 1.59. The second kappa shape index (κ2) is 8.45. The molecule has 1 saturated heterocycles. The van der Waals surface area contributed by atoms with Gasteiger partial charge in [-0.25, -0.2) is 9.78 Å². The van der Waals surface area contributed by atoms with Crippen LogP contribution in [0.15, 0.2) is 0 Å². The van der Waals surface area contributed by atoms with Crippen molar-refractivity contribution in [2.45, 2.75) is 33.1 Å². The maximum Gasteiger partial charge on any atom is 0.323 e. The number of hydrogen-bond donors (Lipinski definition) is 2. The number of carbonyl (C=O) groups excluding carboxylic acids is 1. The lowest BCUT2D eigenvalue weighted by atomic mass is 10.2. The van der Waals surface area contributed by atoms with Crippen LogP contribution in [0.5, 0.6) is 0 Å². The topological polar surface area (TPSA) is 68.7 Å². The number of anilines is 1. The van der Waals surface area contributed by atoms with E-state index in [1.165, 1.54) is 4.88 Å². The van der Waals surface area contributed by atoms with Gasteiger partial charge in [-0.3, -0.25) is 10.2 Å². The van der Waals surface area contributed by atoms with Gasteiger partial charge in [0.25, 0.3) is 0 Å². The van der Waals surface area contributed by atoms with Crippen LogP contribution in [0.1, 0.15) is 30.8 Å². The van der Waals surface area contributed by atoms with E-state index in [1.807, 2.05) is 4.90 Å². The zero-order valence-electron chi connectivity index (χ0n) is 13.5. The van der Waals surface area contributed by atoms with Crippen LogP contribution >= 0.6 is 11.3 Å². The maximum atomic E-state index is 12.3. The molecule has 0 saturated carbocycles. The number of aromatic nitrogens is 1. The molecule has 1 aromatic heterocycles. The molecule has 1 aliphatic heterocycles. The molecular weight excluding hydrogens is 300 g/mol. The van der Waals surface area contributed by atoms with Crippen molar-refractivity contribution in [3.8, 4) is 0 Å². The number of rotatable bonds is 6. The molecule has 2 amide bonds. The average molecular weight is 326 g/mol. The van der Waals surface area contributed by atoms with Gasteiger partial charge in [-0.1, -0.05) is 20.3 Å². The Balaban J connectivity index is 1.89. The quantitative estimate of drug-likeness (QED) is 0.836. The van der Waals surface area contributed by atoms with Crippen molar-refractivity contribution >= 4 is 22.5 Å². The van der Waals surface area contributed by atoms with Gasteiger partial charge < -0.3 is 10.0 Å². The first kappa shape index (κ1) is 17.2. The number of thiazole rings is 1. The van der Waals surface area contributed by atoms with E-state index in [9.17, 15) is 4.79 Å². The Morgan fingerprint density at radius 2 is 2.05 bits per heavy atom. The van der Waals surface area contributed by atoms with Gasteiger partial charge in [0, 0.05) is 37.6 Å². The molecule has 1 aromatic rings. The summed E-state index contributed by atoms with van der Waals surface area (Å²) in [7, 11) is 0. The van der Waals surface area contributed by atoms with E-state index in [-0.39, 0.29) is 12.6 Å². The van der Waals surface area contributed by atoms with Gasteiger partial charge in [0.05, 0.1) is 12.3 Å². The van der Waals surface area contributed by atoms with Crippen LogP contribution in [0.2, 0.25) is 0 Å². The number of aliphatic hydroxyl groups is 1. The fourth-order valence-electron chi connectivity index (χ4n) is 2.63. The highest BCUT2D eigenvalue weighted by atomic mass is 32.1. The van der Waals surface area contributed by atoms with Gasteiger partial charge in [-0.15, -0.1) is 11.3 Å². The second-order valence-electron chi connectivity index (χ2n) is 5.47. The number of nitrogens with zero attached hydrogens (tertiary/aromatic N) is 3. The monoisotopic (exact) mass is 326 g/mol. The number of amides is 2. The van der Waals surface area contributed by atoms with Gasteiger partial charge in [0.2, 0.25) is 0 Å². The summed E-state index contributed by atoms with van der Waals surface area (Å²) < 4.78 is 0. The van der Waals surface area contributed by atoms with Gasteiger partial charge in [0.1, 0.15) is 0 Å². The molecule has 0 aliphatic carbocycles. The Labute approximate surface area is 136 Å². The third kappa shape index (κ3) is 4.41. The molecular formula is C15H26N4O2S. The van der Waals surface area contributed by atoms with Crippen LogP contribution in [0, 0.1) is 0 Å². The number of piperazine rings is 1. The van der Waals surface area contributed by atoms with Crippen LogP contribution in [0.4, 0.5) is 9.93 Å². The van der Waals surface area contributed by atoms with Crippen LogP contribution in [-0.4, -0.2) is 65.3 Å². The van der Waals surface area contributed by atoms with Gasteiger partial charge in [-0.2, -0.15) is 0 Å². The van der Waals surface area contributed by atoms with E-state index in [4.69, 9.17) is 5.11 Å². The van der Waals surface area contributed by atoms with Crippen LogP contribution in [0.3, 0.4) is 0 Å². The van der Waals surface area contributed by atoms with Crippen LogP contribution < -0.4 is 5.32 Å². The number of carbonyl (C=O) groups is 1. The van der Waals surface area contributed by atoms with E-state index in [0.717, 1.165) is 38.0 Å². The smallest absolute Gasteiger partial charge is 0.323 e. The number of β-amino-alcohol motifs (C(OH)–C–C–N with tert-alkyl or cyclic N) is 1. The van der Waals surface area contributed by atoms with Gasteiger partial charge in [-0.05, 0) is 12.8 Å². The van der Waals surface area contributed by atoms with E-state index < -0.39 is 0 Å². The Morgan fingerprint density at radius 1 is 1.32 bits per heavy atom. The summed E-state index contributed by atoms with van der Waals surface area (Å²) in [5, 5.41) is 12.6. The highest BCUT2D eigenvalue weighted by molar-refractivity contribution is 7.15. The molecule has 6 nitrogen and oxygen atoms in total. The van der Waals surface area contributed by atoms with E-state index in [1.54, 1.807) is 11.3 Å². The molecule has 22 heavy (non-hydrogen) atoms. The van der Waals surface area contributed by atoms with Crippen molar-refractivity contribution in [3.63, 3.8) is 0 Å². The highest BCUT2D eigenvalue weighted by Crippen LogP contribution is 2.25. The summed E-state index contributed by atoms with van der Waals surface area (Å²) in [4.78, 5) is 22.1. The summed E-state index contributed by atoms with van der Waals surface area (Å²) in [6.07, 6.45) is 3.00. The number of urea groups is 1. The predicted octanol–water partition coefficient (Wildman–Crippen LogP) is 1.80. The maximum absolute atomic E-state index is 12.3. The van der Waals surface area contributed by atoms with E-state index >= 15 is 0 Å². The molecule has 1 aliphatic rings. The van der Waals surface area contributed by atoms with Crippen molar-refractivity contribution in [1.29, 1.82) is 0 Å². The number of aliphatic hydroxyl groups excluding tert-OH is 1. The standard InChI is InChI=1S/C15H26N4O2S/c1-3-5-12-13(4-2)22-14(16-12)17-15(21)19-8-6-18(7-9-19)10-11-20/h20H,3-11H2,1-2H3,(H,16,17,21). The van der Waals surface area contributed by atoms with E-state index in [0.29, 0.717) is 24.8 Å². The zero-order chi connectivity index (χ0) is 15.9. The lowest BCUT2D eigenvalue weighted by molar-refractivity contribution is 0.127. The molecule has 0 atom stereocenters. The molecule has 0 bridgehead atoms. The van der Waals surface area contributed by atoms with Gasteiger partial charge in [0.15, 0.2) is 5.13 Å². The van der Waals surface area contributed by atoms with Crippen molar-refractivity contribution in [1.82, 2.24) is 14.8 Å². The molecule has 124 valence electrons. The Kier molecular flexibility index (Phi) is 6.60. The molecule has 0 radical (unpaired) electrons. The SMILES string of the molecule is CCCc1nc(NC(=O)N2CCN(CCO)CC2)sc1CC. The fourth-order valence-corrected chi connectivity index (χ4v) is 3.57. The molecule has 2 N–H and O–H groups in total. The summed E-state index contributed by atoms with van der Waals surface area (Å²) in [6.45, 7) is 8.13. The lowest BCUT2D eigenvalue weighted by Gasteiger charge is -2.34. The van der Waals surface area contributed by atoms with Crippen LogP contribution in [0.25, 0.3) is 0 Å². The van der Waals surface area contributed by atoms with Crippen LogP contribution in [-0.2, 0) is 12.8 Å². The number of hydrogen-bond acceptors (Lipinski definition) is 5. The van der Waals surface area contributed by atoms with E-state index in [2.05, 4.69) is 29.0 Å². The minimum Gasteiger partial charge on any atom is -0.395 e. The first-order chi connectivity index (χ1) is 10.7. The third-order valence-electron chi connectivity index (χ3n) is 3.88. The Morgan fingerprint density at radius 3 is 2.64 bits per heavy atom. The van der Waals surface area contributed by atoms with Crippen molar-refractivity contribution in [2.75, 3.05) is 44.6 Å². The number of aryl methyl sites for hydroxylation is 2. The van der Waals surface area contributed by atoms with Crippen molar-refractivity contribution < 1.29 is 9.90 Å². The first-order valence-electron chi connectivity index (χ1n) is 8.05. The highest BCUT2D eigenvalue weighted by Gasteiger charge is 2.21. The minimum atomic E-state index is -0.0666. The average Bonchev–Trinajstić information content (AvgIpc) is 2.90. The molecule has 1 fully saturated rings. The largest absolute Gasteiger partial charge is 0.395 e. The van der Waals surface area contributed by atoms with Crippen molar-refractivity contribution in [3.05, 3.63) is 10.6 Å². The molecule has 0 spiro atoms. The Hall–Kier alpha value is -1.18. The molecule has 2 heterocycles. The number of nitrogens with one attached hydrogen (secondary N) is 1. The predicted molar refractivity (Wildman–Crippen MR) is 89.6 cm³/mol. The molecule has 0 unspecified atom stereocenters. The molecule has 7 heteroatoms. The first-order valence-corrected chi connectivity index (χ1v) is 8.87.